The molecule has 0 aromatic heterocycles. The lowest BCUT2D eigenvalue weighted by atomic mass is 10.2. The molecule has 0 saturated carbocycles. The average Bonchev–Trinajstić information content (AvgIpc) is 2.77. The van der Waals surface area contributed by atoms with Crippen LogP contribution in [0.15, 0.2) is 42.5 Å². The number of nitrogens with one attached hydrogen (secondary N) is 1. The third-order valence-corrected chi connectivity index (χ3v) is 4.27. The molecule has 4 nitrogen and oxygen atoms in total. The van der Waals surface area contributed by atoms with Crippen molar-refractivity contribution in [2.24, 2.45) is 0 Å². The summed E-state index contributed by atoms with van der Waals surface area (Å²) in [5.41, 5.74) is 1.05. The van der Waals surface area contributed by atoms with Crippen molar-refractivity contribution in [2.75, 3.05) is 10.2 Å². The molecule has 0 aliphatic carbocycles. The monoisotopic (exact) mass is 368 g/mol. The van der Waals surface area contributed by atoms with Crippen LogP contribution >= 0.6 is 34.8 Å². The number of amides is 2. The molecule has 118 valence electrons. The molecule has 1 aliphatic heterocycles. The summed E-state index contributed by atoms with van der Waals surface area (Å²) in [5.74, 6) is -0.667. The van der Waals surface area contributed by atoms with Gasteiger partial charge in [-0.05, 0) is 42.5 Å². The number of anilines is 2. The molecule has 2 amide bonds. The van der Waals surface area contributed by atoms with Crippen LogP contribution in [-0.4, -0.2) is 17.9 Å². The highest BCUT2D eigenvalue weighted by Crippen LogP contribution is 2.33. The summed E-state index contributed by atoms with van der Waals surface area (Å²) in [6.45, 7) is 0. The zero-order valence-corrected chi connectivity index (χ0v) is 14.0. The highest BCUT2D eigenvalue weighted by Gasteiger charge is 2.40. The Morgan fingerprint density at radius 1 is 0.957 bits per heavy atom. The van der Waals surface area contributed by atoms with Gasteiger partial charge in [-0.15, -0.1) is 0 Å². The topological polar surface area (TPSA) is 49.4 Å². The summed E-state index contributed by atoms with van der Waals surface area (Å²) in [6.07, 6.45) is 0.0560. The van der Waals surface area contributed by atoms with E-state index in [0.717, 1.165) is 4.90 Å². The minimum atomic E-state index is -0.643. The van der Waals surface area contributed by atoms with E-state index in [-0.39, 0.29) is 23.3 Å². The van der Waals surface area contributed by atoms with Gasteiger partial charge in [0, 0.05) is 15.7 Å². The van der Waals surface area contributed by atoms with Crippen LogP contribution < -0.4 is 10.2 Å². The third kappa shape index (κ3) is 3.29. The van der Waals surface area contributed by atoms with Crippen molar-refractivity contribution in [2.45, 2.75) is 12.5 Å². The van der Waals surface area contributed by atoms with Gasteiger partial charge in [0.1, 0.15) is 6.04 Å². The van der Waals surface area contributed by atoms with Gasteiger partial charge in [0.2, 0.25) is 5.91 Å². The van der Waals surface area contributed by atoms with Gasteiger partial charge in [0.05, 0.1) is 17.1 Å². The lowest BCUT2D eigenvalue weighted by molar-refractivity contribution is -0.121. The predicted octanol–water partition coefficient (Wildman–Crippen LogP) is 4.39. The van der Waals surface area contributed by atoms with E-state index >= 15 is 0 Å². The van der Waals surface area contributed by atoms with Gasteiger partial charge in [-0.2, -0.15) is 0 Å². The molecule has 1 aliphatic rings. The molecule has 7 heteroatoms. The second-order valence-electron chi connectivity index (χ2n) is 5.07. The smallest absolute Gasteiger partial charge is 0.256 e. The standard InChI is InChI=1S/C16H11Cl3N2O2/c17-9-1-4-11(5-2-9)20-13-8-15(22)21(16(13)23)14-6-3-10(18)7-12(14)19/h1-7,13,20H,8H2/t13-/m0/s1. The van der Waals surface area contributed by atoms with Gasteiger partial charge in [-0.1, -0.05) is 34.8 Å². The van der Waals surface area contributed by atoms with Crippen LogP contribution in [0.4, 0.5) is 11.4 Å². The van der Waals surface area contributed by atoms with E-state index in [1.54, 1.807) is 36.4 Å². The van der Waals surface area contributed by atoms with E-state index in [0.29, 0.717) is 21.4 Å². The molecule has 1 saturated heterocycles. The Kier molecular flexibility index (Phi) is 4.48. The summed E-state index contributed by atoms with van der Waals surface area (Å²) in [4.78, 5) is 25.9. The minimum Gasteiger partial charge on any atom is -0.373 e. The number of imide groups is 1. The first-order valence-corrected chi connectivity index (χ1v) is 7.93. The average molecular weight is 370 g/mol. The second-order valence-corrected chi connectivity index (χ2v) is 6.35. The summed E-state index contributed by atoms with van der Waals surface area (Å²) in [6, 6.07) is 10.9. The van der Waals surface area contributed by atoms with Crippen molar-refractivity contribution in [1.29, 1.82) is 0 Å². The number of rotatable bonds is 3. The molecule has 0 radical (unpaired) electrons. The fraction of sp³-hybridized carbons (Fsp3) is 0.125. The molecule has 3 rings (SSSR count). The van der Waals surface area contributed by atoms with Crippen LogP contribution in [-0.2, 0) is 9.59 Å². The van der Waals surface area contributed by atoms with Crippen molar-refractivity contribution >= 4 is 58.0 Å². The summed E-state index contributed by atoms with van der Waals surface area (Å²) < 4.78 is 0. The third-order valence-electron chi connectivity index (χ3n) is 3.48. The van der Waals surface area contributed by atoms with Gasteiger partial charge < -0.3 is 5.32 Å². The maximum atomic E-state index is 12.5. The molecule has 1 atom stereocenters. The highest BCUT2D eigenvalue weighted by molar-refractivity contribution is 6.38. The van der Waals surface area contributed by atoms with Crippen molar-refractivity contribution < 1.29 is 9.59 Å². The molecular formula is C16H11Cl3N2O2. The minimum absolute atomic E-state index is 0.0560. The SMILES string of the molecule is O=C1C[C@H](Nc2ccc(Cl)cc2)C(=O)N1c1ccc(Cl)cc1Cl. The van der Waals surface area contributed by atoms with E-state index in [1.165, 1.54) is 6.07 Å². The molecule has 0 bridgehead atoms. The number of hydrogen-bond donors (Lipinski definition) is 1. The number of benzene rings is 2. The number of carbonyl (C=O) groups is 2. The lowest BCUT2D eigenvalue weighted by Crippen LogP contribution is -2.35. The number of halogens is 3. The van der Waals surface area contributed by atoms with Crippen molar-refractivity contribution in [3.8, 4) is 0 Å². The molecule has 1 N–H and O–H groups in total. The Morgan fingerprint density at radius 3 is 2.26 bits per heavy atom. The fourth-order valence-electron chi connectivity index (χ4n) is 2.41. The zero-order chi connectivity index (χ0) is 16.6. The second kappa shape index (κ2) is 6.40. The van der Waals surface area contributed by atoms with Gasteiger partial charge in [-0.3, -0.25) is 9.59 Å². The van der Waals surface area contributed by atoms with Crippen molar-refractivity contribution in [3.05, 3.63) is 57.5 Å². The van der Waals surface area contributed by atoms with E-state index in [1.807, 2.05) is 0 Å². The lowest BCUT2D eigenvalue weighted by Gasteiger charge is -2.17. The Balaban J connectivity index is 1.83. The number of nitrogens with zero attached hydrogens (tertiary/aromatic N) is 1. The number of hydrogen-bond acceptors (Lipinski definition) is 3. The predicted molar refractivity (Wildman–Crippen MR) is 92.4 cm³/mol. The molecule has 23 heavy (non-hydrogen) atoms. The van der Waals surface area contributed by atoms with Gasteiger partial charge in [0.15, 0.2) is 0 Å². The highest BCUT2D eigenvalue weighted by atomic mass is 35.5. The van der Waals surface area contributed by atoms with Crippen LogP contribution in [0.25, 0.3) is 0 Å². The van der Waals surface area contributed by atoms with Gasteiger partial charge >= 0.3 is 0 Å². The Hall–Kier alpha value is -1.75. The van der Waals surface area contributed by atoms with Crippen LogP contribution in [0.3, 0.4) is 0 Å². The largest absolute Gasteiger partial charge is 0.373 e. The summed E-state index contributed by atoms with van der Waals surface area (Å²) in [7, 11) is 0. The molecule has 1 fully saturated rings. The molecule has 0 spiro atoms. The Morgan fingerprint density at radius 2 is 1.61 bits per heavy atom. The summed E-state index contributed by atoms with van der Waals surface area (Å²) >= 11 is 17.8. The maximum Gasteiger partial charge on any atom is 0.256 e. The fourth-order valence-corrected chi connectivity index (χ4v) is 3.03. The van der Waals surface area contributed by atoms with Crippen LogP contribution in [0.1, 0.15) is 6.42 Å². The van der Waals surface area contributed by atoms with Crippen molar-refractivity contribution in [3.63, 3.8) is 0 Å². The van der Waals surface area contributed by atoms with E-state index < -0.39 is 6.04 Å². The summed E-state index contributed by atoms with van der Waals surface area (Å²) in [5, 5.41) is 4.33. The quantitative estimate of drug-likeness (QED) is 0.816. The maximum absolute atomic E-state index is 12.5. The zero-order valence-electron chi connectivity index (χ0n) is 11.7. The normalized spacial score (nSPS) is 17.7. The van der Waals surface area contributed by atoms with E-state index in [2.05, 4.69) is 5.32 Å². The van der Waals surface area contributed by atoms with Crippen molar-refractivity contribution in [1.82, 2.24) is 0 Å². The van der Waals surface area contributed by atoms with Gasteiger partial charge in [0.25, 0.3) is 5.91 Å². The molecular weight excluding hydrogens is 359 g/mol. The van der Waals surface area contributed by atoms with Crippen LogP contribution in [0.2, 0.25) is 15.1 Å². The molecule has 2 aromatic carbocycles. The van der Waals surface area contributed by atoms with Gasteiger partial charge in [-0.25, -0.2) is 4.90 Å². The molecule has 2 aromatic rings. The van der Waals surface area contributed by atoms with Crippen LogP contribution in [0, 0.1) is 0 Å². The van der Waals surface area contributed by atoms with Crippen LogP contribution in [0.5, 0.6) is 0 Å². The molecule has 1 heterocycles. The van der Waals surface area contributed by atoms with E-state index in [9.17, 15) is 9.59 Å². The Bertz CT molecular complexity index is 777. The molecule has 0 unspecified atom stereocenters. The van der Waals surface area contributed by atoms with E-state index in [4.69, 9.17) is 34.8 Å². The first-order valence-electron chi connectivity index (χ1n) is 6.79. The Labute approximate surface area is 147 Å². The number of carbonyl (C=O) groups excluding carboxylic acids is 2. The first kappa shape index (κ1) is 16.1. The first-order chi connectivity index (χ1) is 11.0.